The zero-order chi connectivity index (χ0) is 17.6. The van der Waals surface area contributed by atoms with Crippen LogP contribution in [0.2, 0.25) is 0 Å². The number of benzene rings is 1. The van der Waals surface area contributed by atoms with Crippen LogP contribution in [-0.4, -0.2) is 26.6 Å². The molecule has 0 saturated carbocycles. The van der Waals surface area contributed by atoms with E-state index in [0.29, 0.717) is 22.5 Å². The topological polar surface area (TPSA) is 124 Å². The van der Waals surface area contributed by atoms with Gasteiger partial charge >= 0.3 is 0 Å². The van der Waals surface area contributed by atoms with Crippen molar-refractivity contribution in [3.63, 3.8) is 0 Å². The van der Waals surface area contributed by atoms with Crippen LogP contribution in [-0.2, 0) is 27.1 Å². The third-order valence-electron chi connectivity index (χ3n) is 2.99. The quantitative estimate of drug-likeness (QED) is 0.827. The molecule has 0 atom stereocenters. The van der Waals surface area contributed by atoms with Gasteiger partial charge in [-0.1, -0.05) is 29.0 Å². The third-order valence-corrected chi connectivity index (χ3v) is 6.99. The summed E-state index contributed by atoms with van der Waals surface area (Å²) < 4.78 is 52.2. The fourth-order valence-corrected chi connectivity index (χ4v) is 5.45. The molecule has 23 heavy (non-hydrogen) atoms. The van der Waals surface area contributed by atoms with Gasteiger partial charge in [-0.15, -0.1) is 9.50 Å². The Kier molecular flexibility index (Phi) is 4.50. The standard InChI is InChI=1S/C12H16N4O4S3/c1-7-5-8(2)10(9(3)6-7)23(19,20)15-11-16(4)14-12(21-11)22(13,17)18/h5-6H,1-4H3,(H2,13,17,18)/b15-11+. The fraction of sp³-hybridized carbons (Fsp3) is 0.333. The summed E-state index contributed by atoms with van der Waals surface area (Å²) in [5, 5.41) is 8.68. The Hall–Kier alpha value is -1.56. The average Bonchev–Trinajstić information content (AvgIpc) is 2.68. The van der Waals surface area contributed by atoms with Gasteiger partial charge in [-0.25, -0.2) is 18.2 Å². The Bertz CT molecular complexity index is 1020. The maximum absolute atomic E-state index is 12.6. The average molecular weight is 376 g/mol. The van der Waals surface area contributed by atoms with Gasteiger partial charge in [-0.3, -0.25) is 0 Å². The van der Waals surface area contributed by atoms with Gasteiger partial charge in [0, 0.05) is 7.05 Å². The highest BCUT2D eigenvalue weighted by atomic mass is 32.2. The molecule has 0 aliphatic heterocycles. The molecule has 0 aliphatic carbocycles. The van der Waals surface area contributed by atoms with Crippen molar-refractivity contribution in [2.75, 3.05) is 0 Å². The molecule has 11 heteroatoms. The van der Waals surface area contributed by atoms with Gasteiger partial charge in [0.15, 0.2) is 0 Å². The van der Waals surface area contributed by atoms with Crippen LogP contribution in [0.3, 0.4) is 0 Å². The molecule has 2 N–H and O–H groups in total. The van der Waals surface area contributed by atoms with Crippen molar-refractivity contribution in [3.8, 4) is 0 Å². The first-order chi connectivity index (χ1) is 10.4. The maximum atomic E-state index is 12.6. The lowest BCUT2D eigenvalue weighted by molar-refractivity contribution is 0.589. The molecule has 126 valence electrons. The monoisotopic (exact) mass is 376 g/mol. The van der Waals surface area contributed by atoms with E-state index in [-0.39, 0.29) is 9.70 Å². The highest BCUT2D eigenvalue weighted by Crippen LogP contribution is 2.23. The van der Waals surface area contributed by atoms with Crippen molar-refractivity contribution in [1.29, 1.82) is 0 Å². The minimum absolute atomic E-state index is 0.0756. The Morgan fingerprint density at radius 3 is 2.09 bits per heavy atom. The van der Waals surface area contributed by atoms with Crippen molar-refractivity contribution < 1.29 is 16.8 Å². The minimum Gasteiger partial charge on any atom is -0.239 e. The number of primary sulfonamides is 1. The Morgan fingerprint density at radius 1 is 1.13 bits per heavy atom. The van der Waals surface area contributed by atoms with Crippen LogP contribution in [0.4, 0.5) is 0 Å². The van der Waals surface area contributed by atoms with Crippen LogP contribution in [0.5, 0.6) is 0 Å². The summed E-state index contributed by atoms with van der Waals surface area (Å²) in [5.41, 5.74) is 2.09. The van der Waals surface area contributed by atoms with Crippen molar-refractivity contribution >= 4 is 31.4 Å². The Labute approximate surface area is 138 Å². The summed E-state index contributed by atoms with van der Waals surface area (Å²) in [5.74, 6) is 0. The third kappa shape index (κ3) is 3.68. The molecule has 2 rings (SSSR count). The second kappa shape index (κ2) is 5.82. The van der Waals surface area contributed by atoms with Gasteiger partial charge in [0.1, 0.15) is 0 Å². The molecule has 0 spiro atoms. The highest BCUT2D eigenvalue weighted by molar-refractivity contribution is 7.91. The fourth-order valence-electron chi connectivity index (χ4n) is 2.24. The highest BCUT2D eigenvalue weighted by Gasteiger charge is 2.21. The summed E-state index contributed by atoms with van der Waals surface area (Å²) in [7, 11) is -6.62. The first-order valence-corrected chi connectivity index (χ1v) is 10.2. The number of hydrogen-bond donors (Lipinski definition) is 1. The van der Waals surface area contributed by atoms with Crippen molar-refractivity contribution in [2.45, 2.75) is 30.0 Å². The van der Waals surface area contributed by atoms with Crippen LogP contribution in [0.1, 0.15) is 16.7 Å². The summed E-state index contributed by atoms with van der Waals surface area (Å²) in [6.07, 6.45) is 0. The summed E-state index contributed by atoms with van der Waals surface area (Å²) >= 11 is 0.596. The number of sulfonamides is 2. The Morgan fingerprint density at radius 2 is 1.65 bits per heavy atom. The molecule has 1 heterocycles. The SMILES string of the molecule is Cc1cc(C)c(S(=O)(=O)/N=c2/sc(S(N)(=O)=O)nn2C)c(C)c1. The van der Waals surface area contributed by atoms with Gasteiger partial charge in [0.25, 0.3) is 20.0 Å². The molecular weight excluding hydrogens is 360 g/mol. The van der Waals surface area contributed by atoms with Crippen molar-refractivity contribution in [2.24, 2.45) is 16.6 Å². The molecule has 8 nitrogen and oxygen atoms in total. The van der Waals surface area contributed by atoms with E-state index in [0.717, 1.165) is 10.2 Å². The van der Waals surface area contributed by atoms with Gasteiger partial charge in [-0.2, -0.15) is 8.42 Å². The lowest BCUT2D eigenvalue weighted by atomic mass is 10.1. The van der Waals surface area contributed by atoms with Crippen molar-refractivity contribution in [3.05, 3.63) is 33.6 Å². The molecular formula is C12H16N4O4S3. The van der Waals surface area contributed by atoms with Crippen LogP contribution < -0.4 is 9.94 Å². The summed E-state index contributed by atoms with van der Waals surface area (Å²) in [4.78, 5) is 0.0297. The largest absolute Gasteiger partial charge is 0.285 e. The van der Waals surface area contributed by atoms with E-state index in [1.807, 2.05) is 6.92 Å². The molecule has 0 bridgehead atoms. The molecule has 0 fully saturated rings. The van der Waals surface area contributed by atoms with Gasteiger partial charge in [-0.05, 0) is 31.9 Å². The number of rotatable bonds is 3. The molecule has 1 aromatic carbocycles. The van der Waals surface area contributed by atoms with Crippen molar-refractivity contribution in [1.82, 2.24) is 9.78 Å². The van der Waals surface area contributed by atoms with Gasteiger partial charge < -0.3 is 0 Å². The minimum atomic E-state index is -4.01. The zero-order valence-corrected chi connectivity index (χ0v) is 15.4. The predicted octanol–water partition coefficient (Wildman–Crippen LogP) is 0.344. The smallest absolute Gasteiger partial charge is 0.239 e. The first kappa shape index (κ1) is 17.8. The lowest BCUT2D eigenvalue weighted by Gasteiger charge is -2.08. The maximum Gasteiger partial charge on any atom is 0.285 e. The number of nitrogens with two attached hydrogens (primary N) is 1. The summed E-state index contributed by atoms with van der Waals surface area (Å²) in [6, 6.07) is 3.50. The molecule has 0 amide bonds. The van der Waals surface area contributed by atoms with E-state index in [2.05, 4.69) is 9.50 Å². The molecule has 0 saturated heterocycles. The van der Waals surface area contributed by atoms with Gasteiger partial charge in [0.2, 0.25) is 9.14 Å². The molecule has 0 unspecified atom stereocenters. The first-order valence-electron chi connectivity index (χ1n) is 6.37. The van der Waals surface area contributed by atoms with Crippen LogP contribution >= 0.6 is 11.3 Å². The van der Waals surface area contributed by atoms with E-state index < -0.39 is 24.4 Å². The Balaban J connectivity index is 2.71. The van der Waals surface area contributed by atoms with E-state index in [1.165, 1.54) is 7.05 Å². The second-order valence-electron chi connectivity index (χ2n) is 5.11. The van der Waals surface area contributed by atoms with Crippen LogP contribution in [0, 0.1) is 20.8 Å². The molecule has 0 aliphatic rings. The molecule has 2 aromatic rings. The van der Waals surface area contributed by atoms with E-state index in [1.54, 1.807) is 26.0 Å². The zero-order valence-electron chi connectivity index (χ0n) is 12.9. The molecule has 0 radical (unpaired) electrons. The number of aromatic nitrogens is 2. The van der Waals surface area contributed by atoms with E-state index in [9.17, 15) is 16.8 Å². The van der Waals surface area contributed by atoms with E-state index in [4.69, 9.17) is 5.14 Å². The second-order valence-corrected chi connectivity index (χ2v) is 9.35. The normalized spacial score (nSPS) is 13.5. The van der Waals surface area contributed by atoms with E-state index >= 15 is 0 Å². The summed E-state index contributed by atoms with van der Waals surface area (Å²) in [6.45, 7) is 5.24. The lowest BCUT2D eigenvalue weighted by Crippen LogP contribution is -2.16. The predicted molar refractivity (Wildman–Crippen MR) is 85.9 cm³/mol. The molecule has 1 aromatic heterocycles. The van der Waals surface area contributed by atoms with Crippen LogP contribution in [0.15, 0.2) is 25.8 Å². The van der Waals surface area contributed by atoms with Crippen LogP contribution in [0.25, 0.3) is 0 Å². The number of aryl methyl sites for hydroxylation is 4. The number of hydrogen-bond acceptors (Lipinski definition) is 6. The van der Waals surface area contributed by atoms with Gasteiger partial charge in [0.05, 0.1) is 4.90 Å². The number of nitrogens with zero attached hydrogens (tertiary/aromatic N) is 3.